The molecule has 5 heteroatoms. The van der Waals surface area contributed by atoms with E-state index in [2.05, 4.69) is 78.9 Å². The van der Waals surface area contributed by atoms with E-state index >= 15 is 0 Å². The molecule has 49 heavy (non-hydrogen) atoms. The van der Waals surface area contributed by atoms with Crippen LogP contribution in [0.15, 0.2) is 162 Å². The Balaban J connectivity index is 1.19. The van der Waals surface area contributed by atoms with E-state index in [0.717, 1.165) is 49.7 Å². The summed E-state index contributed by atoms with van der Waals surface area (Å²) in [6.07, 6.45) is 0. The molecule has 0 N–H and O–H groups in total. The predicted molar refractivity (Wildman–Crippen MR) is 199 cm³/mol. The molecule has 0 spiro atoms. The van der Waals surface area contributed by atoms with E-state index in [1.54, 1.807) is 0 Å². The Morgan fingerprint density at radius 3 is 1.73 bits per heavy atom. The van der Waals surface area contributed by atoms with Gasteiger partial charge in [0.1, 0.15) is 5.58 Å². The molecule has 228 valence electrons. The number of aromatic nitrogens is 4. The molecule has 10 aromatic rings. The second kappa shape index (κ2) is 10.9. The first-order chi connectivity index (χ1) is 24.3. The summed E-state index contributed by atoms with van der Waals surface area (Å²) in [6.45, 7) is 0. The molecule has 5 nitrogen and oxygen atoms in total. The van der Waals surface area contributed by atoms with Gasteiger partial charge in [0.2, 0.25) is 5.71 Å². The number of hydrogen-bond acceptors (Lipinski definition) is 5. The van der Waals surface area contributed by atoms with E-state index < -0.39 is 0 Å². The Kier molecular flexibility index (Phi) is 6.11. The van der Waals surface area contributed by atoms with Gasteiger partial charge in [0.05, 0.1) is 5.69 Å². The topological polar surface area (TPSA) is 64.7 Å². The van der Waals surface area contributed by atoms with E-state index in [9.17, 15) is 0 Å². The van der Waals surface area contributed by atoms with Gasteiger partial charge in [0.15, 0.2) is 17.5 Å². The molecule has 0 atom stereocenters. The van der Waals surface area contributed by atoms with Crippen LogP contribution in [0.2, 0.25) is 0 Å². The quantitative estimate of drug-likeness (QED) is 0.182. The first-order valence-corrected chi connectivity index (χ1v) is 16.3. The molecule has 0 aliphatic heterocycles. The maximum atomic E-state index is 6.49. The van der Waals surface area contributed by atoms with Crippen LogP contribution in [0, 0.1) is 0 Å². The Hall–Kier alpha value is -6.72. The van der Waals surface area contributed by atoms with Crippen molar-refractivity contribution in [3.8, 4) is 45.4 Å². The minimum absolute atomic E-state index is 0.572. The Labute approximate surface area is 281 Å². The van der Waals surface area contributed by atoms with Crippen LogP contribution in [0.25, 0.3) is 99.8 Å². The summed E-state index contributed by atoms with van der Waals surface area (Å²) in [7, 11) is 0. The van der Waals surface area contributed by atoms with E-state index in [4.69, 9.17) is 24.4 Å². The zero-order valence-corrected chi connectivity index (χ0v) is 26.2. The average Bonchev–Trinajstić information content (AvgIpc) is 3.56. The second-order valence-corrected chi connectivity index (χ2v) is 12.2. The molecule has 0 radical (unpaired) electrons. The van der Waals surface area contributed by atoms with E-state index in [1.807, 2.05) is 78.9 Å². The highest BCUT2D eigenvalue weighted by atomic mass is 16.3. The summed E-state index contributed by atoms with van der Waals surface area (Å²) in [4.78, 5) is 20.1. The fourth-order valence-electron chi connectivity index (χ4n) is 7.04. The lowest BCUT2D eigenvalue weighted by Gasteiger charge is -2.12. The van der Waals surface area contributed by atoms with Crippen molar-refractivity contribution in [2.24, 2.45) is 0 Å². The number of pyridine rings is 1. The Morgan fingerprint density at radius 1 is 0.367 bits per heavy atom. The summed E-state index contributed by atoms with van der Waals surface area (Å²) in [5, 5.41) is 9.07. The fourth-order valence-corrected chi connectivity index (χ4v) is 7.04. The van der Waals surface area contributed by atoms with Gasteiger partial charge in [-0.15, -0.1) is 0 Å². The largest absolute Gasteiger partial charge is 0.438 e. The maximum Gasteiger partial charge on any atom is 0.227 e. The van der Waals surface area contributed by atoms with Gasteiger partial charge in [-0.05, 0) is 56.6 Å². The van der Waals surface area contributed by atoms with Gasteiger partial charge in [-0.3, -0.25) is 0 Å². The van der Waals surface area contributed by atoms with Crippen LogP contribution in [0.3, 0.4) is 0 Å². The third kappa shape index (κ3) is 4.48. The van der Waals surface area contributed by atoms with Gasteiger partial charge in [-0.25, -0.2) is 19.9 Å². The van der Waals surface area contributed by atoms with E-state index in [-0.39, 0.29) is 0 Å². The summed E-state index contributed by atoms with van der Waals surface area (Å²) in [5.74, 6) is 1.81. The molecule has 0 saturated carbocycles. The van der Waals surface area contributed by atoms with Gasteiger partial charge < -0.3 is 4.42 Å². The van der Waals surface area contributed by atoms with Gasteiger partial charge in [-0.2, -0.15) is 0 Å². The van der Waals surface area contributed by atoms with Crippen LogP contribution in [0.5, 0.6) is 0 Å². The van der Waals surface area contributed by atoms with E-state index in [1.165, 1.54) is 26.9 Å². The van der Waals surface area contributed by atoms with Crippen LogP contribution in [0.4, 0.5) is 0 Å². The lowest BCUT2D eigenvalue weighted by Crippen LogP contribution is -2.00. The van der Waals surface area contributed by atoms with E-state index in [0.29, 0.717) is 23.2 Å². The lowest BCUT2D eigenvalue weighted by atomic mass is 9.92. The second-order valence-electron chi connectivity index (χ2n) is 12.2. The monoisotopic (exact) mass is 626 g/mol. The molecule has 3 aromatic heterocycles. The number of benzene rings is 7. The van der Waals surface area contributed by atoms with Crippen molar-refractivity contribution in [1.82, 2.24) is 19.9 Å². The standard InChI is InChI=1S/C44H26N4O/c1-3-13-28(14-4-1)41-46-42(29-15-5-2-6-16-29)48-43(47-41)34-20-11-21-39-40(34)35-24-25-38(45-44(35)49-39)37-26-36-30-17-8-7-12-27(30)22-23-33(36)31-18-9-10-19-32(31)37/h1-26H. The van der Waals surface area contributed by atoms with Crippen molar-refractivity contribution in [3.05, 3.63) is 158 Å². The van der Waals surface area contributed by atoms with Gasteiger partial charge in [0, 0.05) is 33.0 Å². The molecular weight excluding hydrogens is 601 g/mol. The molecule has 0 saturated heterocycles. The van der Waals surface area contributed by atoms with Gasteiger partial charge in [0.25, 0.3) is 0 Å². The fraction of sp³-hybridized carbons (Fsp3) is 0. The van der Waals surface area contributed by atoms with Crippen molar-refractivity contribution < 1.29 is 4.42 Å². The molecule has 0 amide bonds. The highest BCUT2D eigenvalue weighted by Gasteiger charge is 2.19. The molecule has 0 fully saturated rings. The Bertz CT molecular complexity index is 2820. The highest BCUT2D eigenvalue weighted by Crippen LogP contribution is 2.40. The van der Waals surface area contributed by atoms with Crippen LogP contribution in [-0.2, 0) is 0 Å². The van der Waals surface area contributed by atoms with Crippen LogP contribution in [0.1, 0.15) is 0 Å². The normalized spacial score (nSPS) is 11.7. The lowest BCUT2D eigenvalue weighted by molar-refractivity contribution is 0.654. The number of rotatable bonds is 4. The minimum Gasteiger partial charge on any atom is -0.438 e. The molecule has 0 aliphatic rings. The van der Waals surface area contributed by atoms with Crippen LogP contribution < -0.4 is 0 Å². The molecule has 0 aliphatic carbocycles. The minimum atomic E-state index is 0.572. The zero-order valence-electron chi connectivity index (χ0n) is 26.2. The molecule has 3 heterocycles. The van der Waals surface area contributed by atoms with Crippen molar-refractivity contribution in [2.45, 2.75) is 0 Å². The SMILES string of the molecule is c1ccc(-c2nc(-c3ccccc3)nc(-c3cccc4oc5nc(-c6cc7c8ccccc8ccc7c7ccccc67)ccc5c34)n2)cc1. The number of hydrogen-bond donors (Lipinski definition) is 0. The highest BCUT2D eigenvalue weighted by molar-refractivity contribution is 6.21. The smallest absolute Gasteiger partial charge is 0.227 e. The van der Waals surface area contributed by atoms with Crippen LogP contribution >= 0.6 is 0 Å². The first-order valence-electron chi connectivity index (χ1n) is 16.3. The van der Waals surface area contributed by atoms with Gasteiger partial charge >= 0.3 is 0 Å². The molecular formula is C44H26N4O. The number of fused-ring (bicyclic) bond motifs is 8. The van der Waals surface area contributed by atoms with Crippen molar-refractivity contribution in [3.63, 3.8) is 0 Å². The number of nitrogens with zero attached hydrogens (tertiary/aromatic N) is 4. The van der Waals surface area contributed by atoms with Gasteiger partial charge in [-0.1, -0.05) is 133 Å². The molecule has 0 unspecified atom stereocenters. The van der Waals surface area contributed by atoms with Crippen molar-refractivity contribution >= 4 is 54.4 Å². The summed E-state index contributed by atoms with van der Waals surface area (Å²) in [5.41, 5.74) is 5.95. The van der Waals surface area contributed by atoms with Crippen molar-refractivity contribution in [1.29, 1.82) is 0 Å². The predicted octanol–water partition coefficient (Wildman–Crippen LogP) is 11.3. The third-order valence-electron chi connectivity index (χ3n) is 9.35. The molecule has 0 bridgehead atoms. The zero-order chi connectivity index (χ0) is 32.3. The Morgan fingerprint density at radius 2 is 0.980 bits per heavy atom. The summed E-state index contributed by atoms with van der Waals surface area (Å²) in [6, 6.07) is 54.1. The maximum absolute atomic E-state index is 6.49. The molecule has 7 aromatic carbocycles. The third-order valence-corrected chi connectivity index (χ3v) is 9.35. The van der Waals surface area contributed by atoms with Crippen LogP contribution in [-0.4, -0.2) is 19.9 Å². The summed E-state index contributed by atoms with van der Waals surface area (Å²) < 4.78 is 6.49. The summed E-state index contributed by atoms with van der Waals surface area (Å²) >= 11 is 0. The number of furan rings is 1. The first kappa shape index (κ1) is 27.4. The van der Waals surface area contributed by atoms with Crippen molar-refractivity contribution in [2.75, 3.05) is 0 Å². The average molecular weight is 627 g/mol. The molecule has 10 rings (SSSR count).